The predicted molar refractivity (Wildman–Crippen MR) is 58.1 cm³/mol. The van der Waals surface area contributed by atoms with Gasteiger partial charge in [0.2, 0.25) is 6.79 Å². The molecule has 0 radical (unpaired) electrons. The largest absolute Gasteiger partial charge is 0.481 e. The molecule has 1 aliphatic rings. The number of carbonyl (C=O) groups excluding carboxylic acids is 1. The van der Waals surface area contributed by atoms with E-state index >= 15 is 0 Å². The molecule has 5 heteroatoms. The summed E-state index contributed by atoms with van der Waals surface area (Å²) in [4.78, 5) is 21.5. The van der Waals surface area contributed by atoms with E-state index in [2.05, 4.69) is 0 Å². The van der Waals surface area contributed by atoms with E-state index in [0.29, 0.717) is 17.9 Å². The second kappa shape index (κ2) is 4.86. The fourth-order valence-electron chi connectivity index (χ4n) is 1.64. The number of carboxylic acids is 1. The van der Waals surface area contributed by atoms with Crippen molar-refractivity contribution < 1.29 is 24.2 Å². The van der Waals surface area contributed by atoms with Gasteiger partial charge >= 0.3 is 5.97 Å². The van der Waals surface area contributed by atoms with E-state index in [0.717, 1.165) is 5.56 Å². The summed E-state index contributed by atoms with van der Waals surface area (Å²) in [6.07, 6.45) is 0.333. The molecule has 0 saturated carbocycles. The van der Waals surface area contributed by atoms with Crippen LogP contribution < -0.4 is 9.47 Å². The average Bonchev–Trinajstić information content (AvgIpc) is 2.72. The molecule has 0 bridgehead atoms. The summed E-state index contributed by atoms with van der Waals surface area (Å²) in [6, 6.07) is 5.46. The van der Waals surface area contributed by atoms with Gasteiger partial charge in [-0.25, -0.2) is 0 Å². The Balaban J connectivity index is 1.91. The first kappa shape index (κ1) is 11.4. The molecule has 0 saturated heterocycles. The normalized spacial score (nSPS) is 12.5. The summed E-state index contributed by atoms with van der Waals surface area (Å²) in [6.45, 7) is 0.219. The zero-order chi connectivity index (χ0) is 12.3. The molecule has 0 fully saturated rings. The van der Waals surface area contributed by atoms with Gasteiger partial charge in [-0.1, -0.05) is 6.07 Å². The quantitative estimate of drug-likeness (QED) is 0.782. The summed E-state index contributed by atoms with van der Waals surface area (Å²) < 4.78 is 10.4. The molecule has 90 valence electrons. The molecule has 1 heterocycles. The molecular weight excluding hydrogens is 224 g/mol. The van der Waals surface area contributed by atoms with Crippen molar-refractivity contribution in [2.45, 2.75) is 19.3 Å². The summed E-state index contributed by atoms with van der Waals surface area (Å²) in [5.74, 6) is 0.0228. The number of ether oxygens (including phenoxy) is 2. The minimum atomic E-state index is -1.08. The lowest BCUT2D eigenvalue weighted by molar-refractivity contribution is -0.140. The topological polar surface area (TPSA) is 72.8 Å². The van der Waals surface area contributed by atoms with Crippen molar-refractivity contribution in [1.82, 2.24) is 0 Å². The lowest BCUT2D eigenvalue weighted by Gasteiger charge is -2.02. The minimum absolute atomic E-state index is 0.219. The molecule has 0 spiro atoms. The van der Waals surface area contributed by atoms with E-state index in [1.807, 2.05) is 12.1 Å². The first-order valence-corrected chi connectivity index (χ1v) is 5.27. The van der Waals surface area contributed by atoms with Gasteiger partial charge in [0.05, 0.1) is 0 Å². The fourth-order valence-corrected chi connectivity index (χ4v) is 1.64. The van der Waals surface area contributed by atoms with Gasteiger partial charge in [0.1, 0.15) is 12.2 Å². The Morgan fingerprint density at radius 2 is 2.00 bits per heavy atom. The maximum absolute atomic E-state index is 11.2. The third-order valence-electron chi connectivity index (χ3n) is 2.48. The number of Topliss-reactive ketones (excluding diaryl/α,β-unsaturated/α-hetero) is 1. The van der Waals surface area contributed by atoms with Crippen molar-refractivity contribution in [1.29, 1.82) is 0 Å². The summed E-state index contributed by atoms with van der Waals surface area (Å²) in [5, 5.41) is 8.45. The Hall–Kier alpha value is -2.04. The van der Waals surface area contributed by atoms with E-state index in [-0.39, 0.29) is 19.0 Å². The Morgan fingerprint density at radius 3 is 2.76 bits per heavy atom. The highest BCUT2D eigenvalue weighted by Gasteiger charge is 2.14. The maximum atomic E-state index is 11.2. The van der Waals surface area contributed by atoms with Crippen LogP contribution >= 0.6 is 0 Å². The Kier molecular flexibility index (Phi) is 3.27. The molecule has 0 aromatic heterocycles. The van der Waals surface area contributed by atoms with Crippen LogP contribution in [0.5, 0.6) is 11.5 Å². The van der Waals surface area contributed by atoms with Gasteiger partial charge in [-0.3, -0.25) is 9.59 Å². The second-order valence-corrected chi connectivity index (χ2v) is 3.80. The highest BCUT2D eigenvalue weighted by molar-refractivity contribution is 5.94. The van der Waals surface area contributed by atoms with Gasteiger partial charge in [0.25, 0.3) is 0 Å². The van der Waals surface area contributed by atoms with Gasteiger partial charge in [0, 0.05) is 6.42 Å². The molecule has 2 rings (SSSR count). The standard InChI is InChI=1S/C12H12O5/c13-9(6-12(14)15)3-1-8-2-4-10-11(5-8)17-7-16-10/h2,4-5H,1,3,6-7H2,(H,14,15). The van der Waals surface area contributed by atoms with Gasteiger partial charge in [-0.2, -0.15) is 0 Å². The van der Waals surface area contributed by atoms with Crippen LogP contribution in [0.15, 0.2) is 18.2 Å². The van der Waals surface area contributed by atoms with E-state index in [1.54, 1.807) is 6.07 Å². The van der Waals surface area contributed by atoms with Crippen molar-refractivity contribution >= 4 is 11.8 Å². The van der Waals surface area contributed by atoms with Gasteiger partial charge in [0.15, 0.2) is 11.5 Å². The average molecular weight is 236 g/mol. The summed E-state index contributed by atoms with van der Waals surface area (Å²) in [7, 11) is 0. The minimum Gasteiger partial charge on any atom is -0.481 e. The zero-order valence-corrected chi connectivity index (χ0v) is 9.14. The highest BCUT2D eigenvalue weighted by atomic mass is 16.7. The zero-order valence-electron chi connectivity index (χ0n) is 9.14. The van der Waals surface area contributed by atoms with E-state index in [9.17, 15) is 9.59 Å². The van der Waals surface area contributed by atoms with E-state index in [1.165, 1.54) is 0 Å². The Labute approximate surface area is 98.0 Å². The number of aryl methyl sites for hydroxylation is 1. The first-order valence-electron chi connectivity index (χ1n) is 5.27. The first-order chi connectivity index (χ1) is 8.15. The van der Waals surface area contributed by atoms with E-state index in [4.69, 9.17) is 14.6 Å². The van der Waals surface area contributed by atoms with Crippen LogP contribution in [-0.4, -0.2) is 23.7 Å². The molecule has 17 heavy (non-hydrogen) atoms. The number of carboxylic acid groups (broad SMARTS) is 1. The molecule has 1 N–H and O–H groups in total. The van der Waals surface area contributed by atoms with E-state index < -0.39 is 12.4 Å². The number of rotatable bonds is 5. The molecule has 0 atom stereocenters. The van der Waals surface area contributed by atoms with Gasteiger partial charge in [-0.15, -0.1) is 0 Å². The molecular formula is C12H12O5. The third-order valence-corrected chi connectivity index (χ3v) is 2.48. The number of aliphatic carboxylic acids is 1. The SMILES string of the molecule is O=C(O)CC(=O)CCc1ccc2c(c1)OCO2. The molecule has 0 amide bonds. The lowest BCUT2D eigenvalue weighted by Crippen LogP contribution is -2.07. The molecule has 0 unspecified atom stereocenters. The number of hydrogen-bond acceptors (Lipinski definition) is 4. The van der Waals surface area contributed by atoms with Crippen molar-refractivity contribution in [3.05, 3.63) is 23.8 Å². The molecule has 1 aromatic rings. The molecule has 0 aliphatic carbocycles. The number of hydrogen-bond donors (Lipinski definition) is 1. The van der Waals surface area contributed by atoms with Crippen LogP contribution in [0.25, 0.3) is 0 Å². The number of carbonyl (C=O) groups is 2. The van der Waals surface area contributed by atoms with Crippen LogP contribution in [0.1, 0.15) is 18.4 Å². The summed E-state index contributed by atoms with van der Waals surface area (Å²) >= 11 is 0. The van der Waals surface area contributed by atoms with Crippen LogP contribution in [-0.2, 0) is 16.0 Å². The van der Waals surface area contributed by atoms with Gasteiger partial charge < -0.3 is 14.6 Å². The number of benzene rings is 1. The number of fused-ring (bicyclic) bond motifs is 1. The van der Waals surface area contributed by atoms with Crippen molar-refractivity contribution in [3.8, 4) is 11.5 Å². The van der Waals surface area contributed by atoms with Crippen LogP contribution in [0.4, 0.5) is 0 Å². The van der Waals surface area contributed by atoms with Crippen LogP contribution in [0.3, 0.4) is 0 Å². The Bertz CT molecular complexity index is 452. The number of ketones is 1. The monoisotopic (exact) mass is 236 g/mol. The van der Waals surface area contributed by atoms with Crippen molar-refractivity contribution in [2.75, 3.05) is 6.79 Å². The molecule has 5 nitrogen and oxygen atoms in total. The van der Waals surface area contributed by atoms with Crippen LogP contribution in [0.2, 0.25) is 0 Å². The van der Waals surface area contributed by atoms with Gasteiger partial charge in [-0.05, 0) is 24.1 Å². The maximum Gasteiger partial charge on any atom is 0.310 e. The third kappa shape index (κ3) is 2.96. The summed E-state index contributed by atoms with van der Waals surface area (Å²) in [5.41, 5.74) is 0.938. The molecule has 1 aliphatic heterocycles. The second-order valence-electron chi connectivity index (χ2n) is 3.80. The highest BCUT2D eigenvalue weighted by Crippen LogP contribution is 2.32. The predicted octanol–water partition coefficient (Wildman–Crippen LogP) is 1.39. The van der Waals surface area contributed by atoms with Crippen LogP contribution in [0, 0.1) is 0 Å². The smallest absolute Gasteiger partial charge is 0.310 e. The lowest BCUT2D eigenvalue weighted by atomic mass is 10.1. The van der Waals surface area contributed by atoms with Crippen molar-refractivity contribution in [2.24, 2.45) is 0 Å². The fraction of sp³-hybridized carbons (Fsp3) is 0.333. The van der Waals surface area contributed by atoms with Crippen molar-refractivity contribution in [3.63, 3.8) is 0 Å². The molecule has 1 aromatic carbocycles. The Morgan fingerprint density at radius 1 is 1.24 bits per heavy atom.